The molecule has 4 nitrogen and oxygen atoms in total. The minimum atomic E-state index is 0. The number of rotatable bonds is 3. The summed E-state index contributed by atoms with van der Waals surface area (Å²) in [6, 6.07) is 16.1. The smallest absolute Gasteiger partial charge is 0.231 e. The van der Waals surface area contributed by atoms with Gasteiger partial charge in [0.05, 0.1) is 13.5 Å². The first-order chi connectivity index (χ1) is 13.8. The Morgan fingerprint density at radius 3 is 2.59 bits per heavy atom. The van der Waals surface area contributed by atoms with Gasteiger partial charge in [-0.2, -0.15) is 0 Å². The molecule has 2 aromatic carbocycles. The average molecular weight is 417 g/mol. The van der Waals surface area contributed by atoms with E-state index in [1.807, 2.05) is 35.2 Å². The highest BCUT2D eigenvalue weighted by Gasteiger charge is 2.19. The third-order valence-corrected chi connectivity index (χ3v) is 5.37. The van der Waals surface area contributed by atoms with E-state index in [4.69, 9.17) is 4.74 Å². The van der Waals surface area contributed by atoms with E-state index >= 15 is 0 Å². The zero-order valence-corrected chi connectivity index (χ0v) is 18.2. The zero-order valence-electron chi connectivity index (χ0n) is 17.4. The van der Waals surface area contributed by atoms with Crippen LogP contribution in [0.1, 0.15) is 49.7 Å². The Hall–Kier alpha value is -2.04. The highest BCUT2D eigenvalue weighted by molar-refractivity contribution is 5.95. The standard InChI is InChI=1S/C24H32N2O2.ClH/c1-28-22-13-10-11-20(17-22)18-24(27)26-16-9-5-3-2-4-8-15-25-19-21-12-6-7-14-23(21)26;/h6-7,10-14,17,25H,2-5,8-9,15-16,18-19H2,1H3;1H. The average Bonchev–Trinajstić information content (AvgIpc) is 2.74. The minimum Gasteiger partial charge on any atom is -0.497 e. The Balaban J connectivity index is 0.00000300. The number of ether oxygens (including phenoxy) is 1. The number of hydrogen-bond donors (Lipinski definition) is 1. The highest BCUT2D eigenvalue weighted by Crippen LogP contribution is 2.24. The second kappa shape index (κ2) is 12.5. The lowest BCUT2D eigenvalue weighted by atomic mass is 10.1. The number of nitrogens with one attached hydrogen (secondary N) is 1. The van der Waals surface area contributed by atoms with E-state index in [2.05, 4.69) is 23.5 Å². The van der Waals surface area contributed by atoms with Crippen molar-refractivity contribution in [3.8, 4) is 5.75 Å². The second-order valence-electron chi connectivity index (χ2n) is 7.50. The molecule has 1 heterocycles. The SMILES string of the molecule is COc1cccc(CC(=O)N2CCCCCCCCNCc3ccccc32)c1.Cl. The Labute approximate surface area is 181 Å². The molecule has 5 heteroatoms. The maximum Gasteiger partial charge on any atom is 0.231 e. The van der Waals surface area contributed by atoms with E-state index in [0.29, 0.717) is 6.42 Å². The normalized spacial score (nSPS) is 15.7. The number of amides is 1. The fourth-order valence-corrected chi connectivity index (χ4v) is 3.81. The summed E-state index contributed by atoms with van der Waals surface area (Å²) in [6.07, 6.45) is 7.66. The maximum atomic E-state index is 13.3. The van der Waals surface area contributed by atoms with E-state index in [0.717, 1.165) is 43.1 Å². The molecule has 2 aromatic rings. The first kappa shape index (κ1) is 23.2. The predicted octanol–water partition coefficient (Wildman–Crippen LogP) is 5.14. The van der Waals surface area contributed by atoms with Crippen LogP contribution in [0.25, 0.3) is 0 Å². The van der Waals surface area contributed by atoms with Crippen molar-refractivity contribution in [2.24, 2.45) is 0 Å². The minimum absolute atomic E-state index is 0. The van der Waals surface area contributed by atoms with Crippen LogP contribution in [0.4, 0.5) is 5.69 Å². The van der Waals surface area contributed by atoms with Gasteiger partial charge in [-0.3, -0.25) is 4.79 Å². The van der Waals surface area contributed by atoms with E-state index < -0.39 is 0 Å². The van der Waals surface area contributed by atoms with Crippen LogP contribution >= 0.6 is 12.4 Å². The van der Waals surface area contributed by atoms with Crippen LogP contribution in [0.15, 0.2) is 48.5 Å². The number of carbonyl (C=O) groups is 1. The lowest BCUT2D eigenvalue weighted by Gasteiger charge is -2.26. The summed E-state index contributed by atoms with van der Waals surface area (Å²) in [5.74, 6) is 0.940. The van der Waals surface area contributed by atoms with Gasteiger partial charge in [-0.1, -0.05) is 56.0 Å². The molecule has 0 spiro atoms. The fraction of sp³-hybridized carbons (Fsp3) is 0.458. The Bertz CT molecular complexity index is 766. The number of anilines is 1. The first-order valence-corrected chi connectivity index (χ1v) is 10.5. The maximum absolute atomic E-state index is 13.3. The number of benzene rings is 2. The lowest BCUT2D eigenvalue weighted by molar-refractivity contribution is -0.118. The Morgan fingerprint density at radius 2 is 1.76 bits per heavy atom. The predicted molar refractivity (Wildman–Crippen MR) is 122 cm³/mol. The molecular formula is C24H33ClN2O2. The molecule has 1 aliphatic rings. The number of carbonyl (C=O) groups excluding carboxylic acids is 1. The van der Waals surface area contributed by atoms with E-state index in [1.54, 1.807) is 7.11 Å². The van der Waals surface area contributed by atoms with Crippen molar-refractivity contribution in [1.82, 2.24) is 5.32 Å². The summed E-state index contributed by atoms with van der Waals surface area (Å²) in [6.45, 7) is 2.62. The molecule has 0 saturated heterocycles. The number of para-hydroxylation sites is 1. The number of nitrogens with zero attached hydrogens (tertiary/aromatic N) is 1. The zero-order chi connectivity index (χ0) is 19.6. The van der Waals surface area contributed by atoms with Gasteiger partial charge >= 0.3 is 0 Å². The van der Waals surface area contributed by atoms with Crippen LogP contribution in [0.2, 0.25) is 0 Å². The molecule has 1 aliphatic heterocycles. The molecule has 0 aliphatic carbocycles. The van der Waals surface area contributed by atoms with Crippen molar-refractivity contribution in [2.45, 2.75) is 51.5 Å². The van der Waals surface area contributed by atoms with Crippen molar-refractivity contribution in [3.63, 3.8) is 0 Å². The molecule has 0 fully saturated rings. The molecular weight excluding hydrogens is 384 g/mol. The molecule has 1 N–H and O–H groups in total. The van der Waals surface area contributed by atoms with Crippen molar-refractivity contribution in [1.29, 1.82) is 0 Å². The van der Waals surface area contributed by atoms with Crippen molar-refractivity contribution in [3.05, 3.63) is 59.7 Å². The van der Waals surface area contributed by atoms with Gasteiger partial charge in [-0.15, -0.1) is 12.4 Å². The van der Waals surface area contributed by atoms with Crippen LogP contribution in [0.3, 0.4) is 0 Å². The van der Waals surface area contributed by atoms with Crippen LogP contribution in [-0.4, -0.2) is 26.1 Å². The van der Waals surface area contributed by atoms with Gasteiger partial charge in [-0.05, 0) is 48.7 Å². The molecule has 0 saturated carbocycles. The largest absolute Gasteiger partial charge is 0.497 e. The Morgan fingerprint density at radius 1 is 1.00 bits per heavy atom. The molecule has 0 unspecified atom stereocenters. The molecule has 0 bridgehead atoms. The lowest BCUT2D eigenvalue weighted by Crippen LogP contribution is -2.34. The molecule has 1 amide bonds. The van der Waals surface area contributed by atoms with Gasteiger partial charge in [0.1, 0.15) is 5.75 Å². The number of fused-ring (bicyclic) bond motifs is 1. The van der Waals surface area contributed by atoms with Crippen LogP contribution < -0.4 is 15.0 Å². The van der Waals surface area contributed by atoms with Crippen molar-refractivity contribution >= 4 is 24.0 Å². The summed E-state index contributed by atoms with van der Waals surface area (Å²) in [4.78, 5) is 15.3. The molecule has 0 aromatic heterocycles. The summed E-state index contributed by atoms with van der Waals surface area (Å²) < 4.78 is 5.31. The third kappa shape index (κ3) is 7.06. The highest BCUT2D eigenvalue weighted by atomic mass is 35.5. The second-order valence-corrected chi connectivity index (χ2v) is 7.50. The van der Waals surface area contributed by atoms with Crippen molar-refractivity contribution < 1.29 is 9.53 Å². The van der Waals surface area contributed by atoms with Gasteiger partial charge in [0.25, 0.3) is 0 Å². The fourth-order valence-electron chi connectivity index (χ4n) is 3.81. The van der Waals surface area contributed by atoms with Gasteiger partial charge in [0.15, 0.2) is 0 Å². The first-order valence-electron chi connectivity index (χ1n) is 10.5. The summed E-state index contributed by atoms with van der Waals surface area (Å²) in [5.41, 5.74) is 3.23. The summed E-state index contributed by atoms with van der Waals surface area (Å²) >= 11 is 0. The Kier molecular flexibility index (Phi) is 10.0. The number of halogens is 1. The topological polar surface area (TPSA) is 41.6 Å². The van der Waals surface area contributed by atoms with E-state index in [1.165, 1.54) is 37.7 Å². The number of methoxy groups -OCH3 is 1. The summed E-state index contributed by atoms with van der Waals surface area (Å²) in [7, 11) is 1.66. The van der Waals surface area contributed by atoms with Gasteiger partial charge in [0, 0.05) is 18.8 Å². The molecule has 0 radical (unpaired) electrons. The number of hydrogen-bond acceptors (Lipinski definition) is 3. The van der Waals surface area contributed by atoms with Gasteiger partial charge < -0.3 is 15.0 Å². The molecule has 29 heavy (non-hydrogen) atoms. The van der Waals surface area contributed by atoms with E-state index in [-0.39, 0.29) is 18.3 Å². The molecule has 3 rings (SSSR count). The summed E-state index contributed by atoms with van der Waals surface area (Å²) in [5, 5.41) is 3.55. The van der Waals surface area contributed by atoms with E-state index in [9.17, 15) is 4.79 Å². The van der Waals surface area contributed by atoms with Crippen LogP contribution in [0, 0.1) is 0 Å². The quantitative estimate of drug-likeness (QED) is 0.753. The van der Waals surface area contributed by atoms with Crippen molar-refractivity contribution in [2.75, 3.05) is 25.1 Å². The van der Waals surface area contributed by atoms with Crippen LogP contribution in [0.5, 0.6) is 5.75 Å². The van der Waals surface area contributed by atoms with Gasteiger partial charge in [0.2, 0.25) is 5.91 Å². The molecule has 158 valence electrons. The molecule has 0 atom stereocenters. The van der Waals surface area contributed by atoms with Gasteiger partial charge in [-0.25, -0.2) is 0 Å². The monoisotopic (exact) mass is 416 g/mol. The third-order valence-electron chi connectivity index (χ3n) is 5.37. The van der Waals surface area contributed by atoms with Crippen LogP contribution in [-0.2, 0) is 17.8 Å².